The van der Waals surface area contributed by atoms with Crippen molar-refractivity contribution >= 4 is 17.0 Å². The van der Waals surface area contributed by atoms with Gasteiger partial charge in [-0.2, -0.15) is 0 Å². The molecular formula is C30H29FN4OS. The van der Waals surface area contributed by atoms with Gasteiger partial charge in [-0.25, -0.2) is 14.1 Å². The normalized spacial score (nSPS) is 12.7. The van der Waals surface area contributed by atoms with Crippen LogP contribution < -0.4 is 10.4 Å². The van der Waals surface area contributed by atoms with Gasteiger partial charge in [-0.15, -0.1) is 11.3 Å². The van der Waals surface area contributed by atoms with E-state index in [0.29, 0.717) is 16.1 Å². The van der Waals surface area contributed by atoms with Gasteiger partial charge in [-0.3, -0.25) is 9.48 Å². The second-order valence-electron chi connectivity index (χ2n) is 9.15. The van der Waals surface area contributed by atoms with E-state index in [1.165, 1.54) is 23.0 Å². The van der Waals surface area contributed by atoms with Gasteiger partial charge in [0, 0.05) is 24.0 Å². The summed E-state index contributed by atoms with van der Waals surface area (Å²) in [7, 11) is 1.86. The largest absolute Gasteiger partial charge is 0.314 e. The Balaban J connectivity index is 1.64. The molecule has 5 nitrogen and oxygen atoms in total. The fraction of sp³-hybridized carbons (Fsp3) is 0.200. The summed E-state index contributed by atoms with van der Waals surface area (Å²) in [6.07, 6.45) is 1.73. The quantitative estimate of drug-likeness (QED) is 0.243. The summed E-state index contributed by atoms with van der Waals surface area (Å²) in [5.74, 6) is -0.279. The number of aryl methyl sites for hydroxylation is 1. The average Bonchev–Trinajstić information content (AvgIpc) is 3.43. The maximum atomic E-state index is 14.9. The SMILES string of the molecule is Cc1c(N=c2scc(-c3ccccc3F)n2C(C)CCc2ccccc2)c(=O)n(-c2ccccc2)n1C. The number of halogens is 1. The van der Waals surface area contributed by atoms with Gasteiger partial charge in [-0.05, 0) is 56.5 Å². The van der Waals surface area contributed by atoms with Crippen molar-refractivity contribution in [2.75, 3.05) is 0 Å². The zero-order valence-corrected chi connectivity index (χ0v) is 22.0. The lowest BCUT2D eigenvalue weighted by atomic mass is 10.1. The standard InChI is InChI=1S/C30H29FN4OS/c1-21(18-19-23-12-6-4-7-13-23)34-27(25-16-10-11-17-26(25)31)20-37-30(34)32-28-22(2)33(3)35(29(28)36)24-14-8-5-9-15-24/h4-17,20-21H,18-19H2,1-3H3. The van der Waals surface area contributed by atoms with Gasteiger partial charge in [0.1, 0.15) is 5.82 Å². The van der Waals surface area contributed by atoms with E-state index in [9.17, 15) is 9.18 Å². The van der Waals surface area contributed by atoms with Gasteiger partial charge in [0.15, 0.2) is 10.5 Å². The fourth-order valence-electron chi connectivity index (χ4n) is 4.62. The van der Waals surface area contributed by atoms with E-state index in [-0.39, 0.29) is 17.4 Å². The monoisotopic (exact) mass is 512 g/mol. The molecule has 1 unspecified atom stereocenters. The van der Waals surface area contributed by atoms with Crippen molar-refractivity contribution in [1.29, 1.82) is 0 Å². The first-order valence-electron chi connectivity index (χ1n) is 12.3. The molecule has 0 aliphatic heterocycles. The molecule has 5 rings (SSSR count). The first kappa shape index (κ1) is 24.7. The van der Waals surface area contributed by atoms with Crippen molar-refractivity contribution < 1.29 is 4.39 Å². The summed E-state index contributed by atoms with van der Waals surface area (Å²) < 4.78 is 20.4. The molecule has 1 atom stereocenters. The van der Waals surface area contributed by atoms with E-state index in [1.54, 1.807) is 16.8 Å². The van der Waals surface area contributed by atoms with Crippen LogP contribution in [0.15, 0.2) is 100 Å². The molecule has 0 bridgehead atoms. The smallest absolute Gasteiger partial charge is 0.297 e. The minimum atomic E-state index is -0.279. The molecule has 188 valence electrons. The number of thiazole rings is 1. The van der Waals surface area contributed by atoms with Gasteiger partial charge < -0.3 is 4.57 Å². The van der Waals surface area contributed by atoms with Crippen molar-refractivity contribution in [3.63, 3.8) is 0 Å². The lowest BCUT2D eigenvalue weighted by Gasteiger charge is -2.18. The second-order valence-corrected chi connectivity index (χ2v) is 9.99. The Bertz CT molecular complexity index is 1640. The fourth-order valence-corrected chi connectivity index (χ4v) is 5.61. The first-order chi connectivity index (χ1) is 18.0. The molecule has 7 heteroatoms. The lowest BCUT2D eigenvalue weighted by Crippen LogP contribution is -2.22. The number of para-hydroxylation sites is 1. The van der Waals surface area contributed by atoms with Crippen molar-refractivity contribution in [1.82, 2.24) is 13.9 Å². The number of hydrogen-bond donors (Lipinski definition) is 0. The van der Waals surface area contributed by atoms with E-state index in [4.69, 9.17) is 4.99 Å². The first-order valence-corrected chi connectivity index (χ1v) is 13.2. The molecule has 5 aromatic rings. The van der Waals surface area contributed by atoms with Crippen LogP contribution >= 0.6 is 11.3 Å². The minimum absolute atomic E-state index is 0.0279. The van der Waals surface area contributed by atoms with Crippen LogP contribution in [0.3, 0.4) is 0 Å². The molecule has 0 saturated heterocycles. The molecule has 0 aliphatic rings. The Morgan fingerprint density at radius 3 is 2.30 bits per heavy atom. The van der Waals surface area contributed by atoms with Crippen molar-refractivity contribution in [2.45, 2.75) is 32.7 Å². The molecule has 0 spiro atoms. The molecule has 37 heavy (non-hydrogen) atoms. The van der Waals surface area contributed by atoms with Crippen LogP contribution in [0.1, 0.15) is 30.6 Å². The Morgan fingerprint density at radius 2 is 1.59 bits per heavy atom. The third-order valence-corrected chi connectivity index (χ3v) is 7.60. The van der Waals surface area contributed by atoms with Gasteiger partial charge in [0.25, 0.3) is 5.56 Å². The highest BCUT2D eigenvalue weighted by Crippen LogP contribution is 2.28. The topological polar surface area (TPSA) is 44.2 Å². The molecule has 0 aliphatic carbocycles. The molecular weight excluding hydrogens is 483 g/mol. The maximum Gasteiger partial charge on any atom is 0.297 e. The molecule has 0 saturated carbocycles. The Labute approximate surface area is 219 Å². The molecule has 2 aromatic heterocycles. The van der Waals surface area contributed by atoms with E-state index in [2.05, 4.69) is 23.6 Å². The molecule has 2 heterocycles. The van der Waals surface area contributed by atoms with Crippen molar-refractivity contribution in [3.8, 4) is 16.9 Å². The van der Waals surface area contributed by atoms with Gasteiger partial charge in [0.2, 0.25) is 0 Å². The molecule has 0 radical (unpaired) electrons. The Kier molecular flexibility index (Phi) is 7.06. The second kappa shape index (κ2) is 10.6. The van der Waals surface area contributed by atoms with Gasteiger partial charge in [0.05, 0.1) is 17.1 Å². The summed E-state index contributed by atoms with van der Waals surface area (Å²) in [6, 6.07) is 26.7. The minimum Gasteiger partial charge on any atom is -0.314 e. The van der Waals surface area contributed by atoms with E-state index in [1.807, 2.05) is 78.6 Å². The Morgan fingerprint density at radius 1 is 0.946 bits per heavy atom. The van der Waals surface area contributed by atoms with Crippen LogP contribution in [-0.2, 0) is 13.5 Å². The van der Waals surface area contributed by atoms with Crippen LogP contribution in [0, 0.1) is 12.7 Å². The van der Waals surface area contributed by atoms with Crippen molar-refractivity contribution in [2.24, 2.45) is 12.0 Å². The zero-order chi connectivity index (χ0) is 25.9. The van der Waals surface area contributed by atoms with Crippen LogP contribution in [-0.4, -0.2) is 13.9 Å². The summed E-state index contributed by atoms with van der Waals surface area (Å²) in [5, 5.41) is 1.93. The number of rotatable bonds is 7. The highest BCUT2D eigenvalue weighted by molar-refractivity contribution is 7.07. The highest BCUT2D eigenvalue weighted by Gasteiger charge is 2.19. The van der Waals surface area contributed by atoms with E-state index >= 15 is 0 Å². The number of hydrogen-bond acceptors (Lipinski definition) is 3. The van der Waals surface area contributed by atoms with Crippen LogP contribution in [0.5, 0.6) is 0 Å². The van der Waals surface area contributed by atoms with E-state index < -0.39 is 0 Å². The van der Waals surface area contributed by atoms with Crippen LogP contribution in [0.4, 0.5) is 10.1 Å². The summed E-state index contributed by atoms with van der Waals surface area (Å²) >= 11 is 1.43. The van der Waals surface area contributed by atoms with Gasteiger partial charge in [-0.1, -0.05) is 60.7 Å². The van der Waals surface area contributed by atoms with Crippen molar-refractivity contribution in [3.05, 3.63) is 123 Å². The zero-order valence-electron chi connectivity index (χ0n) is 21.1. The molecule has 3 aromatic carbocycles. The van der Waals surface area contributed by atoms with Crippen LogP contribution in [0.25, 0.3) is 16.9 Å². The highest BCUT2D eigenvalue weighted by atomic mass is 32.1. The maximum absolute atomic E-state index is 14.9. The molecule has 0 amide bonds. The Hall–Kier alpha value is -3.97. The number of benzene rings is 3. The summed E-state index contributed by atoms with van der Waals surface area (Å²) in [4.78, 5) is 19.1. The number of nitrogens with zero attached hydrogens (tertiary/aromatic N) is 4. The molecule has 0 N–H and O–H groups in total. The predicted octanol–water partition coefficient (Wildman–Crippen LogP) is 6.58. The van der Waals surface area contributed by atoms with E-state index in [0.717, 1.165) is 29.9 Å². The molecule has 0 fully saturated rings. The van der Waals surface area contributed by atoms with Crippen LogP contribution in [0.2, 0.25) is 0 Å². The third kappa shape index (κ3) is 4.87. The predicted molar refractivity (Wildman–Crippen MR) is 148 cm³/mol. The van der Waals surface area contributed by atoms with Gasteiger partial charge >= 0.3 is 0 Å². The average molecular weight is 513 g/mol. The lowest BCUT2D eigenvalue weighted by molar-refractivity contribution is 0.499. The summed E-state index contributed by atoms with van der Waals surface area (Å²) in [6.45, 7) is 4.02. The third-order valence-electron chi connectivity index (χ3n) is 6.76. The number of aromatic nitrogens is 3. The summed E-state index contributed by atoms with van der Waals surface area (Å²) in [5.41, 5.74) is 4.28.